The predicted octanol–water partition coefficient (Wildman–Crippen LogP) is -1.52. The molecule has 0 bridgehead atoms. The van der Waals surface area contributed by atoms with Crippen molar-refractivity contribution in [3.8, 4) is 11.8 Å². The summed E-state index contributed by atoms with van der Waals surface area (Å²) in [4.78, 5) is 23.7. The molecule has 106 valence electrons. The lowest BCUT2D eigenvalue weighted by atomic mass is 10.3. The number of H-pyrrole nitrogens is 3. The van der Waals surface area contributed by atoms with Gasteiger partial charge in [0.05, 0.1) is 0 Å². The van der Waals surface area contributed by atoms with Crippen LogP contribution in [0, 0.1) is 0 Å². The van der Waals surface area contributed by atoms with Crippen LogP contribution in [0.3, 0.4) is 0 Å². The van der Waals surface area contributed by atoms with Crippen molar-refractivity contribution in [2.45, 2.75) is 0 Å². The quantitative estimate of drug-likeness (QED) is 0.478. The second-order valence-electron chi connectivity index (χ2n) is 3.42. The minimum absolute atomic E-state index is 0.0844. The van der Waals surface area contributed by atoms with E-state index in [1.54, 1.807) is 0 Å². The average Bonchev–Trinajstić information content (AvgIpc) is 3.20. The summed E-state index contributed by atoms with van der Waals surface area (Å²) >= 11 is 0. The number of hydrogen-bond acceptors (Lipinski definition) is 10. The zero-order chi connectivity index (χ0) is 14.7. The van der Waals surface area contributed by atoms with Crippen LogP contribution in [0.2, 0.25) is 0 Å². The third-order valence-electron chi connectivity index (χ3n) is 2.11. The van der Waals surface area contributed by atoms with Gasteiger partial charge < -0.3 is 9.47 Å². The summed E-state index contributed by atoms with van der Waals surface area (Å²) in [6.07, 6.45) is 2.34. The Morgan fingerprint density at radius 2 is 1.24 bits per heavy atom. The highest BCUT2D eigenvalue weighted by Gasteiger charge is 2.26. The van der Waals surface area contributed by atoms with Gasteiger partial charge in [0.15, 0.2) is 0 Å². The van der Waals surface area contributed by atoms with E-state index in [0.29, 0.717) is 0 Å². The molecule has 3 aromatic heterocycles. The fraction of sp³-hybridized carbons (Fsp3) is 0. The Bertz CT molecular complexity index is 684. The molecule has 0 aromatic carbocycles. The Kier molecular flexibility index (Phi) is 3.04. The van der Waals surface area contributed by atoms with E-state index in [-0.39, 0.29) is 23.1 Å². The van der Waals surface area contributed by atoms with Crippen LogP contribution in [0.1, 0.15) is 21.0 Å². The van der Waals surface area contributed by atoms with Crippen LogP contribution in [0.15, 0.2) is 12.4 Å². The van der Waals surface area contributed by atoms with Gasteiger partial charge in [0.2, 0.25) is 11.4 Å². The lowest BCUT2D eigenvalue weighted by Crippen LogP contribution is -2.17. The van der Waals surface area contributed by atoms with Crippen LogP contribution in [0.5, 0.6) is 11.8 Å². The lowest BCUT2D eigenvalue weighted by Gasteiger charge is -1.99. The Labute approximate surface area is 114 Å². The minimum Gasteiger partial charge on any atom is -0.399 e. The summed E-state index contributed by atoms with van der Waals surface area (Å²) in [5.41, 5.74) is -0.738. The van der Waals surface area contributed by atoms with Crippen LogP contribution < -0.4 is 9.47 Å². The lowest BCUT2D eigenvalue weighted by molar-refractivity contribution is 0.0677. The van der Waals surface area contributed by atoms with Crippen LogP contribution in [-0.4, -0.2) is 58.2 Å². The summed E-state index contributed by atoms with van der Waals surface area (Å²) < 4.78 is 9.63. The molecule has 0 aliphatic heterocycles. The van der Waals surface area contributed by atoms with E-state index in [1.807, 2.05) is 0 Å². The fourth-order valence-electron chi connectivity index (χ4n) is 1.28. The van der Waals surface area contributed by atoms with Gasteiger partial charge in [-0.15, -0.1) is 20.4 Å². The zero-order valence-electron chi connectivity index (χ0n) is 9.97. The molecule has 0 saturated heterocycles. The van der Waals surface area contributed by atoms with Gasteiger partial charge in [-0.3, -0.25) is 0 Å². The SMILES string of the molecule is O=C(Oc1cn[nH]n1)c1n[nH]nc1C(=O)Oc1cn[nH]n1. The van der Waals surface area contributed by atoms with E-state index in [2.05, 4.69) is 46.2 Å². The third kappa shape index (κ3) is 2.55. The number of carbonyl (C=O) groups excluding carboxylic acids is 2. The van der Waals surface area contributed by atoms with Gasteiger partial charge in [-0.25, -0.2) is 9.59 Å². The number of carbonyl (C=O) groups is 2. The Balaban J connectivity index is 1.77. The molecular formula is C8H5N9O4. The van der Waals surface area contributed by atoms with Gasteiger partial charge in [0.1, 0.15) is 12.4 Å². The van der Waals surface area contributed by atoms with Crippen LogP contribution in [-0.2, 0) is 0 Å². The van der Waals surface area contributed by atoms with Crippen LogP contribution in [0.4, 0.5) is 0 Å². The van der Waals surface area contributed by atoms with E-state index in [4.69, 9.17) is 9.47 Å². The maximum Gasteiger partial charge on any atom is 0.368 e. The molecule has 3 N–H and O–H groups in total. The van der Waals surface area contributed by atoms with Crippen molar-refractivity contribution < 1.29 is 19.1 Å². The summed E-state index contributed by atoms with van der Waals surface area (Å²) in [6, 6.07) is 0. The van der Waals surface area contributed by atoms with Gasteiger partial charge in [-0.2, -0.15) is 25.8 Å². The van der Waals surface area contributed by atoms with Gasteiger partial charge in [0, 0.05) is 0 Å². The largest absolute Gasteiger partial charge is 0.399 e. The number of aromatic nitrogens is 9. The number of aromatic amines is 3. The molecule has 0 aliphatic carbocycles. The monoisotopic (exact) mass is 291 g/mol. The molecule has 0 saturated carbocycles. The standard InChI is InChI=1S/C8H5N9O4/c18-7(20-3-1-9-15-11-3)5-6(14-17-13-5)8(19)21-4-2-10-16-12-4/h1-2H,(H,9,11,15)(H,10,12,16)(H,13,14,17). The number of nitrogens with one attached hydrogen (secondary N) is 3. The summed E-state index contributed by atoms with van der Waals surface area (Å²) in [5.74, 6) is -2.08. The highest BCUT2D eigenvalue weighted by Crippen LogP contribution is 2.10. The summed E-state index contributed by atoms with van der Waals surface area (Å²) in [6.45, 7) is 0. The molecule has 13 heteroatoms. The van der Waals surface area contributed by atoms with Gasteiger partial charge >= 0.3 is 11.9 Å². The van der Waals surface area contributed by atoms with Gasteiger partial charge in [-0.1, -0.05) is 0 Å². The van der Waals surface area contributed by atoms with Crippen molar-refractivity contribution in [3.05, 3.63) is 23.8 Å². The van der Waals surface area contributed by atoms with Crippen molar-refractivity contribution in [2.24, 2.45) is 0 Å². The van der Waals surface area contributed by atoms with Crippen molar-refractivity contribution in [1.29, 1.82) is 0 Å². The average molecular weight is 291 g/mol. The molecule has 3 rings (SSSR count). The summed E-state index contributed by atoms with van der Waals surface area (Å²) in [7, 11) is 0. The minimum atomic E-state index is -0.954. The highest BCUT2D eigenvalue weighted by molar-refractivity contribution is 6.01. The molecule has 0 amide bonds. The Hall–Kier alpha value is -3.64. The first-order chi connectivity index (χ1) is 10.2. The smallest absolute Gasteiger partial charge is 0.368 e. The normalized spacial score (nSPS) is 10.3. The fourth-order valence-corrected chi connectivity index (χ4v) is 1.28. The highest BCUT2D eigenvalue weighted by atomic mass is 16.6. The van der Waals surface area contributed by atoms with Crippen molar-refractivity contribution in [2.75, 3.05) is 0 Å². The van der Waals surface area contributed by atoms with Crippen molar-refractivity contribution >= 4 is 11.9 Å². The van der Waals surface area contributed by atoms with E-state index in [0.717, 1.165) is 0 Å². The first-order valence-electron chi connectivity index (χ1n) is 5.30. The van der Waals surface area contributed by atoms with Gasteiger partial charge in [-0.05, 0) is 0 Å². The molecule has 0 aliphatic rings. The second-order valence-corrected chi connectivity index (χ2v) is 3.42. The number of rotatable bonds is 4. The molecule has 21 heavy (non-hydrogen) atoms. The molecule has 13 nitrogen and oxygen atoms in total. The van der Waals surface area contributed by atoms with Crippen LogP contribution in [0.25, 0.3) is 0 Å². The maximum atomic E-state index is 11.8. The van der Waals surface area contributed by atoms with E-state index in [9.17, 15) is 9.59 Å². The van der Waals surface area contributed by atoms with E-state index in [1.165, 1.54) is 12.4 Å². The molecule has 0 spiro atoms. The first kappa shape index (κ1) is 12.4. The molecule has 0 unspecified atom stereocenters. The molecule has 0 fully saturated rings. The molecular weight excluding hydrogens is 286 g/mol. The number of nitrogens with zero attached hydrogens (tertiary/aromatic N) is 6. The number of esters is 2. The zero-order valence-corrected chi connectivity index (χ0v) is 9.97. The third-order valence-corrected chi connectivity index (χ3v) is 2.11. The Morgan fingerprint density at radius 3 is 1.62 bits per heavy atom. The molecule has 0 atom stereocenters. The van der Waals surface area contributed by atoms with E-state index < -0.39 is 11.9 Å². The van der Waals surface area contributed by atoms with Crippen molar-refractivity contribution in [3.63, 3.8) is 0 Å². The van der Waals surface area contributed by atoms with Gasteiger partial charge in [0.25, 0.3) is 11.8 Å². The molecule has 0 radical (unpaired) electrons. The predicted molar refractivity (Wildman–Crippen MR) is 59.1 cm³/mol. The second kappa shape index (κ2) is 5.16. The van der Waals surface area contributed by atoms with Crippen molar-refractivity contribution in [1.82, 2.24) is 46.2 Å². The Morgan fingerprint density at radius 1 is 0.762 bits per heavy atom. The summed E-state index contributed by atoms with van der Waals surface area (Å²) in [5, 5.41) is 27.7. The van der Waals surface area contributed by atoms with E-state index >= 15 is 0 Å². The number of ether oxygens (including phenoxy) is 2. The topological polar surface area (TPSA) is 177 Å². The molecule has 3 aromatic rings. The first-order valence-corrected chi connectivity index (χ1v) is 5.30. The molecule has 3 heterocycles. The maximum absolute atomic E-state index is 11.8. The number of hydrogen-bond donors (Lipinski definition) is 3. The van der Waals surface area contributed by atoms with Crippen LogP contribution >= 0.6 is 0 Å².